The normalized spacial score (nSPS) is 17.5. The second-order valence-electron chi connectivity index (χ2n) is 8.90. The smallest absolute Gasteiger partial charge is 0.296 e. The van der Waals surface area contributed by atoms with E-state index in [-0.39, 0.29) is 35.5 Å². The number of amidine groups is 1. The Bertz CT molecular complexity index is 1160. The third-order valence-corrected chi connectivity index (χ3v) is 6.82. The monoisotopic (exact) mass is 516 g/mol. The van der Waals surface area contributed by atoms with Gasteiger partial charge in [-0.3, -0.25) is 24.6 Å². The lowest BCUT2D eigenvalue weighted by atomic mass is 10.0. The van der Waals surface area contributed by atoms with Crippen molar-refractivity contribution in [2.24, 2.45) is 10.9 Å². The molecule has 192 valence electrons. The summed E-state index contributed by atoms with van der Waals surface area (Å²) in [4.78, 5) is 43.1. The number of thioether (sulfide) groups is 1. The molecule has 2 aromatic rings. The Kier molecular flexibility index (Phi) is 9.03. The fourth-order valence-corrected chi connectivity index (χ4v) is 4.94. The van der Waals surface area contributed by atoms with Crippen LogP contribution in [0.1, 0.15) is 40.0 Å². The summed E-state index contributed by atoms with van der Waals surface area (Å²) in [5.41, 5.74) is 0.200. The lowest BCUT2D eigenvalue weighted by Crippen LogP contribution is -2.40. The van der Waals surface area contributed by atoms with Crippen LogP contribution in [-0.4, -0.2) is 45.2 Å². The molecule has 2 amide bonds. The number of nitro groups is 1. The molecule has 0 aromatic heterocycles. The number of methoxy groups -OCH3 is 1. The van der Waals surface area contributed by atoms with Crippen LogP contribution in [-0.2, 0) is 9.59 Å². The zero-order valence-corrected chi connectivity index (χ0v) is 21.4. The van der Waals surface area contributed by atoms with Crippen molar-refractivity contribution in [1.82, 2.24) is 4.90 Å². The summed E-state index contributed by atoms with van der Waals surface area (Å²) in [7, 11) is 1.39. The maximum Gasteiger partial charge on any atom is 0.296 e. The van der Waals surface area contributed by atoms with Crippen molar-refractivity contribution < 1.29 is 23.6 Å². The average Bonchev–Trinajstić information content (AvgIpc) is 3.13. The van der Waals surface area contributed by atoms with Crippen molar-refractivity contribution in [3.63, 3.8) is 0 Å². The maximum atomic E-state index is 13.4. The van der Waals surface area contributed by atoms with E-state index >= 15 is 0 Å². The van der Waals surface area contributed by atoms with Gasteiger partial charge in [0.1, 0.15) is 22.5 Å². The van der Waals surface area contributed by atoms with Gasteiger partial charge >= 0.3 is 0 Å². The minimum Gasteiger partial charge on any atom is -0.496 e. The lowest BCUT2D eigenvalue weighted by Gasteiger charge is -2.25. The Balaban J connectivity index is 1.81. The van der Waals surface area contributed by atoms with E-state index in [4.69, 9.17) is 4.74 Å². The Hall–Kier alpha value is -3.47. The highest BCUT2D eigenvalue weighted by Crippen LogP contribution is 2.35. The number of benzene rings is 2. The number of ether oxygens (including phenoxy) is 1. The minimum absolute atomic E-state index is 0.0172. The van der Waals surface area contributed by atoms with E-state index in [0.717, 1.165) is 24.6 Å². The molecule has 0 aliphatic carbocycles. The molecule has 0 spiro atoms. The van der Waals surface area contributed by atoms with Crippen molar-refractivity contribution in [3.8, 4) is 5.75 Å². The van der Waals surface area contributed by atoms with Crippen molar-refractivity contribution >= 4 is 45.8 Å². The van der Waals surface area contributed by atoms with Crippen LogP contribution in [0.5, 0.6) is 5.75 Å². The van der Waals surface area contributed by atoms with Gasteiger partial charge in [-0.1, -0.05) is 25.6 Å². The van der Waals surface area contributed by atoms with Gasteiger partial charge in [-0.05, 0) is 62.1 Å². The number of amides is 2. The number of anilines is 1. The summed E-state index contributed by atoms with van der Waals surface area (Å²) >= 11 is 1.16. The van der Waals surface area contributed by atoms with Crippen molar-refractivity contribution in [1.29, 1.82) is 0 Å². The van der Waals surface area contributed by atoms with E-state index < -0.39 is 21.9 Å². The molecule has 1 heterocycles. The number of aliphatic imine (C=N–C) groups is 1. The molecule has 0 unspecified atom stereocenters. The van der Waals surface area contributed by atoms with Gasteiger partial charge in [0.05, 0.1) is 23.8 Å². The number of nitrogens with one attached hydrogen (secondary N) is 1. The topological polar surface area (TPSA) is 114 Å². The highest BCUT2D eigenvalue weighted by Gasteiger charge is 2.41. The molecule has 2 atom stereocenters. The Morgan fingerprint density at radius 2 is 1.92 bits per heavy atom. The molecule has 1 saturated heterocycles. The highest BCUT2D eigenvalue weighted by atomic mass is 32.2. The molecular formula is C25H29FN4O5S. The molecule has 0 saturated carbocycles. The van der Waals surface area contributed by atoms with E-state index in [1.165, 1.54) is 49.6 Å². The summed E-state index contributed by atoms with van der Waals surface area (Å²) in [6, 6.07) is 9.59. The van der Waals surface area contributed by atoms with Crippen LogP contribution < -0.4 is 10.1 Å². The van der Waals surface area contributed by atoms with Crippen LogP contribution in [0.15, 0.2) is 47.5 Å². The molecule has 1 N–H and O–H groups in total. The van der Waals surface area contributed by atoms with Crippen molar-refractivity contribution in [2.45, 2.75) is 51.3 Å². The van der Waals surface area contributed by atoms with Gasteiger partial charge in [-0.2, -0.15) is 0 Å². The first kappa shape index (κ1) is 27.1. The standard InChI is InChI=1S/C25H29FN4O5S/c1-15(2)5-6-16(3)29-24(32)22(36-25(29)27-18-9-7-17(26)8-10-18)14-23(31)28-20-12-11-19(35-4)13-21(20)30(33)34/h7-13,15-16,22H,5-6,14H2,1-4H3,(H,28,31)/t16-,22+/m0/s1. The average molecular weight is 517 g/mol. The quantitative estimate of drug-likeness (QED) is 0.328. The van der Waals surface area contributed by atoms with Crippen LogP contribution >= 0.6 is 11.8 Å². The number of hydrogen-bond acceptors (Lipinski definition) is 7. The van der Waals surface area contributed by atoms with Gasteiger partial charge < -0.3 is 10.1 Å². The first-order valence-corrected chi connectivity index (χ1v) is 12.4. The third kappa shape index (κ3) is 6.81. The summed E-state index contributed by atoms with van der Waals surface area (Å²) in [5, 5.41) is 13.7. The predicted molar refractivity (Wildman–Crippen MR) is 138 cm³/mol. The fourth-order valence-electron chi connectivity index (χ4n) is 3.69. The van der Waals surface area contributed by atoms with Crippen molar-refractivity contribution in [3.05, 3.63) is 58.4 Å². The summed E-state index contributed by atoms with van der Waals surface area (Å²) in [6.07, 6.45) is 1.47. The minimum atomic E-state index is -0.747. The van der Waals surface area contributed by atoms with Crippen LogP contribution in [0.2, 0.25) is 0 Å². The molecule has 36 heavy (non-hydrogen) atoms. The predicted octanol–water partition coefficient (Wildman–Crippen LogP) is 5.53. The highest BCUT2D eigenvalue weighted by molar-refractivity contribution is 8.15. The van der Waals surface area contributed by atoms with Gasteiger partial charge in [0.2, 0.25) is 11.8 Å². The van der Waals surface area contributed by atoms with E-state index in [9.17, 15) is 24.1 Å². The maximum absolute atomic E-state index is 13.4. The number of carbonyl (C=O) groups excluding carboxylic acids is 2. The Morgan fingerprint density at radius 3 is 2.53 bits per heavy atom. The molecule has 3 rings (SSSR count). The number of hydrogen-bond donors (Lipinski definition) is 1. The largest absolute Gasteiger partial charge is 0.496 e. The third-order valence-electron chi connectivity index (χ3n) is 5.67. The van der Waals surface area contributed by atoms with Gasteiger partial charge in [0, 0.05) is 12.5 Å². The molecular weight excluding hydrogens is 487 g/mol. The molecule has 1 fully saturated rings. The molecule has 1 aliphatic heterocycles. The number of nitro benzene ring substituents is 1. The van der Waals surface area contributed by atoms with Gasteiger partial charge in [0.15, 0.2) is 5.17 Å². The lowest BCUT2D eigenvalue weighted by molar-refractivity contribution is -0.384. The van der Waals surface area contributed by atoms with Crippen LogP contribution in [0, 0.1) is 21.8 Å². The van der Waals surface area contributed by atoms with E-state index in [1.54, 1.807) is 4.90 Å². The first-order chi connectivity index (χ1) is 17.1. The Morgan fingerprint density at radius 1 is 1.22 bits per heavy atom. The number of carbonyl (C=O) groups is 2. The summed E-state index contributed by atoms with van der Waals surface area (Å²) in [5.74, 6) is -0.437. The summed E-state index contributed by atoms with van der Waals surface area (Å²) < 4.78 is 18.4. The number of nitrogens with zero attached hydrogens (tertiary/aromatic N) is 3. The van der Waals surface area contributed by atoms with E-state index in [2.05, 4.69) is 24.2 Å². The van der Waals surface area contributed by atoms with Gasteiger partial charge in [0.25, 0.3) is 5.69 Å². The first-order valence-electron chi connectivity index (χ1n) is 11.5. The van der Waals surface area contributed by atoms with Crippen LogP contribution in [0.4, 0.5) is 21.5 Å². The number of rotatable bonds is 10. The molecule has 0 bridgehead atoms. The van der Waals surface area contributed by atoms with Gasteiger partial charge in [-0.25, -0.2) is 9.38 Å². The molecule has 1 aliphatic rings. The second kappa shape index (κ2) is 12.0. The fraction of sp³-hybridized carbons (Fsp3) is 0.400. The van der Waals surface area contributed by atoms with Crippen LogP contribution in [0.3, 0.4) is 0 Å². The molecule has 2 aromatic carbocycles. The Labute approximate surface area is 213 Å². The zero-order valence-electron chi connectivity index (χ0n) is 20.6. The number of halogens is 1. The van der Waals surface area contributed by atoms with Crippen molar-refractivity contribution in [2.75, 3.05) is 12.4 Å². The zero-order chi connectivity index (χ0) is 26.4. The molecule has 9 nitrogen and oxygen atoms in total. The van der Waals surface area contributed by atoms with E-state index in [0.29, 0.717) is 16.8 Å². The molecule has 0 radical (unpaired) electrons. The SMILES string of the molecule is COc1ccc(NC(=O)C[C@H]2SC(=Nc3ccc(F)cc3)N([C@@H](C)CCC(C)C)C2=O)c([N+](=O)[O-])c1. The van der Waals surface area contributed by atoms with Gasteiger partial charge in [-0.15, -0.1) is 0 Å². The summed E-state index contributed by atoms with van der Waals surface area (Å²) in [6.45, 7) is 6.14. The second-order valence-corrected chi connectivity index (χ2v) is 10.1. The molecule has 11 heteroatoms. The van der Waals surface area contributed by atoms with E-state index in [1.807, 2.05) is 6.92 Å². The van der Waals surface area contributed by atoms with Crippen LogP contribution in [0.25, 0.3) is 0 Å².